The number of hydrogen-bond donors (Lipinski definition) is 2. The van der Waals surface area contributed by atoms with Gasteiger partial charge in [0, 0.05) is 6.54 Å². The molecule has 0 aliphatic carbocycles. The fourth-order valence-electron chi connectivity index (χ4n) is 2.10. The summed E-state index contributed by atoms with van der Waals surface area (Å²) in [5, 5.41) is 2.80. The highest BCUT2D eigenvalue weighted by atomic mass is 19.1. The number of hydrogen-bond acceptors (Lipinski definition) is 2. The highest BCUT2D eigenvalue weighted by molar-refractivity contribution is 5.94. The maximum atomic E-state index is 13.8. The lowest BCUT2D eigenvalue weighted by Crippen LogP contribution is -2.27. The summed E-state index contributed by atoms with van der Waals surface area (Å²) >= 11 is 0. The zero-order valence-electron chi connectivity index (χ0n) is 12.2. The topological polar surface area (TPSA) is 55.1 Å². The van der Waals surface area contributed by atoms with Crippen LogP contribution in [0.3, 0.4) is 0 Å². The number of nitrogens with two attached hydrogens (primary N) is 1. The average Bonchev–Trinajstić information content (AvgIpc) is 2.47. The van der Waals surface area contributed by atoms with Gasteiger partial charge in [-0.05, 0) is 42.7 Å². The van der Waals surface area contributed by atoms with Crippen molar-refractivity contribution in [1.29, 1.82) is 0 Å². The monoisotopic (exact) mass is 286 g/mol. The summed E-state index contributed by atoms with van der Waals surface area (Å²) in [5.74, 6) is -0.916. The number of aryl methyl sites for hydroxylation is 1. The first-order valence-electron chi connectivity index (χ1n) is 6.87. The van der Waals surface area contributed by atoms with E-state index in [2.05, 4.69) is 5.32 Å². The van der Waals surface area contributed by atoms with Gasteiger partial charge in [0.15, 0.2) is 0 Å². The molecule has 0 saturated carbocycles. The number of amides is 1. The molecule has 2 aromatic carbocycles. The maximum absolute atomic E-state index is 13.8. The second-order valence-electron chi connectivity index (χ2n) is 5.12. The molecule has 21 heavy (non-hydrogen) atoms. The van der Waals surface area contributed by atoms with Gasteiger partial charge in [0.1, 0.15) is 5.82 Å². The van der Waals surface area contributed by atoms with E-state index in [9.17, 15) is 9.18 Å². The van der Waals surface area contributed by atoms with Crippen LogP contribution in [0.15, 0.2) is 42.5 Å². The highest BCUT2D eigenvalue weighted by Crippen LogP contribution is 2.16. The molecule has 2 rings (SSSR count). The van der Waals surface area contributed by atoms with Crippen LogP contribution in [-0.2, 0) is 6.54 Å². The summed E-state index contributed by atoms with van der Waals surface area (Å²) in [4.78, 5) is 12.1. The third-order valence-electron chi connectivity index (χ3n) is 3.43. The van der Waals surface area contributed by atoms with Gasteiger partial charge in [0.2, 0.25) is 0 Å². The third kappa shape index (κ3) is 3.67. The molecule has 110 valence electrons. The molecule has 0 saturated heterocycles. The van der Waals surface area contributed by atoms with Crippen LogP contribution in [0.1, 0.15) is 40.0 Å². The van der Waals surface area contributed by atoms with E-state index in [1.165, 1.54) is 12.1 Å². The van der Waals surface area contributed by atoms with Crippen molar-refractivity contribution in [2.75, 3.05) is 0 Å². The van der Waals surface area contributed by atoms with Crippen LogP contribution >= 0.6 is 0 Å². The molecule has 0 aliphatic heterocycles. The average molecular weight is 286 g/mol. The SMILES string of the molecule is Cc1ccc(C(=O)NC(C)c2ccc(CN)cc2)c(F)c1. The summed E-state index contributed by atoms with van der Waals surface area (Å²) in [6.45, 7) is 4.13. The van der Waals surface area contributed by atoms with Crippen LogP contribution in [0.2, 0.25) is 0 Å². The Morgan fingerprint density at radius 3 is 2.48 bits per heavy atom. The molecule has 0 heterocycles. The molecular formula is C17H19FN2O. The molecule has 3 nitrogen and oxygen atoms in total. The number of benzene rings is 2. The Hall–Kier alpha value is -2.20. The van der Waals surface area contributed by atoms with E-state index in [1.54, 1.807) is 13.0 Å². The van der Waals surface area contributed by atoms with E-state index in [0.29, 0.717) is 6.54 Å². The fraction of sp³-hybridized carbons (Fsp3) is 0.235. The first-order valence-corrected chi connectivity index (χ1v) is 6.87. The van der Waals surface area contributed by atoms with Crippen LogP contribution < -0.4 is 11.1 Å². The van der Waals surface area contributed by atoms with Crippen molar-refractivity contribution in [3.8, 4) is 0 Å². The van der Waals surface area contributed by atoms with Crippen LogP contribution in [0.5, 0.6) is 0 Å². The summed E-state index contributed by atoms with van der Waals surface area (Å²) in [6.07, 6.45) is 0. The molecule has 4 heteroatoms. The maximum Gasteiger partial charge on any atom is 0.254 e. The van der Waals surface area contributed by atoms with Crippen molar-refractivity contribution in [2.45, 2.75) is 26.4 Å². The van der Waals surface area contributed by atoms with Crippen molar-refractivity contribution >= 4 is 5.91 Å². The van der Waals surface area contributed by atoms with Crippen molar-refractivity contribution in [3.05, 3.63) is 70.5 Å². The fourth-order valence-corrected chi connectivity index (χ4v) is 2.10. The van der Waals surface area contributed by atoms with Crippen LogP contribution in [-0.4, -0.2) is 5.91 Å². The Balaban J connectivity index is 2.10. The second kappa shape index (κ2) is 6.50. The summed E-state index contributed by atoms with van der Waals surface area (Å²) < 4.78 is 13.8. The molecule has 2 aromatic rings. The van der Waals surface area contributed by atoms with Crippen molar-refractivity contribution in [1.82, 2.24) is 5.32 Å². The number of carbonyl (C=O) groups is 1. The third-order valence-corrected chi connectivity index (χ3v) is 3.43. The Morgan fingerprint density at radius 2 is 1.90 bits per heavy atom. The van der Waals surface area contributed by atoms with Crippen LogP contribution in [0, 0.1) is 12.7 Å². The summed E-state index contributed by atoms with van der Waals surface area (Å²) in [7, 11) is 0. The molecule has 0 aliphatic rings. The highest BCUT2D eigenvalue weighted by Gasteiger charge is 2.15. The van der Waals surface area contributed by atoms with Gasteiger partial charge in [-0.2, -0.15) is 0 Å². The zero-order valence-corrected chi connectivity index (χ0v) is 12.2. The van der Waals surface area contributed by atoms with Crippen molar-refractivity contribution in [3.63, 3.8) is 0 Å². The van der Waals surface area contributed by atoms with E-state index in [1.807, 2.05) is 31.2 Å². The number of halogens is 1. The first-order chi connectivity index (χ1) is 10.0. The predicted octanol–water partition coefficient (Wildman–Crippen LogP) is 3.08. The van der Waals surface area contributed by atoms with Crippen molar-refractivity contribution in [2.24, 2.45) is 5.73 Å². The number of rotatable bonds is 4. The molecule has 3 N–H and O–H groups in total. The summed E-state index contributed by atoms with van der Waals surface area (Å²) in [5.41, 5.74) is 8.38. The molecule has 0 radical (unpaired) electrons. The van der Waals surface area contributed by atoms with E-state index in [-0.39, 0.29) is 11.6 Å². The predicted molar refractivity (Wildman–Crippen MR) is 81.4 cm³/mol. The Morgan fingerprint density at radius 1 is 1.24 bits per heavy atom. The quantitative estimate of drug-likeness (QED) is 0.907. The lowest BCUT2D eigenvalue weighted by Gasteiger charge is -2.15. The van der Waals surface area contributed by atoms with E-state index < -0.39 is 11.7 Å². The minimum atomic E-state index is -0.502. The Bertz CT molecular complexity index is 638. The second-order valence-corrected chi connectivity index (χ2v) is 5.12. The number of nitrogens with one attached hydrogen (secondary N) is 1. The lowest BCUT2D eigenvalue weighted by molar-refractivity contribution is 0.0936. The van der Waals surface area contributed by atoms with Gasteiger partial charge in [-0.15, -0.1) is 0 Å². The Labute approximate surface area is 124 Å². The van der Waals surface area contributed by atoms with E-state index in [0.717, 1.165) is 16.7 Å². The van der Waals surface area contributed by atoms with Crippen molar-refractivity contribution < 1.29 is 9.18 Å². The smallest absolute Gasteiger partial charge is 0.254 e. The molecule has 0 aromatic heterocycles. The van der Waals surface area contributed by atoms with E-state index >= 15 is 0 Å². The standard InChI is InChI=1S/C17H19FN2O/c1-11-3-8-15(16(18)9-11)17(21)20-12(2)14-6-4-13(10-19)5-7-14/h3-9,12H,10,19H2,1-2H3,(H,20,21). The van der Waals surface area contributed by atoms with Gasteiger partial charge in [-0.3, -0.25) is 4.79 Å². The molecule has 1 amide bonds. The van der Waals surface area contributed by atoms with Gasteiger partial charge in [-0.1, -0.05) is 30.3 Å². The van der Waals surface area contributed by atoms with Gasteiger partial charge in [0.25, 0.3) is 5.91 Å². The zero-order chi connectivity index (χ0) is 15.4. The minimum Gasteiger partial charge on any atom is -0.345 e. The largest absolute Gasteiger partial charge is 0.345 e. The first kappa shape index (κ1) is 15.2. The van der Waals surface area contributed by atoms with E-state index in [4.69, 9.17) is 5.73 Å². The molecular weight excluding hydrogens is 267 g/mol. The van der Waals surface area contributed by atoms with Gasteiger partial charge < -0.3 is 11.1 Å². The summed E-state index contributed by atoms with van der Waals surface area (Å²) in [6, 6.07) is 12.1. The molecule has 1 unspecified atom stereocenters. The van der Waals surface area contributed by atoms with Crippen LogP contribution in [0.4, 0.5) is 4.39 Å². The lowest BCUT2D eigenvalue weighted by atomic mass is 10.1. The van der Waals surface area contributed by atoms with Gasteiger partial charge in [0.05, 0.1) is 11.6 Å². The normalized spacial score (nSPS) is 12.0. The molecule has 1 atom stereocenters. The minimum absolute atomic E-state index is 0.0611. The van der Waals surface area contributed by atoms with Gasteiger partial charge >= 0.3 is 0 Å². The van der Waals surface area contributed by atoms with Gasteiger partial charge in [-0.25, -0.2) is 4.39 Å². The van der Waals surface area contributed by atoms with Crippen LogP contribution in [0.25, 0.3) is 0 Å². The molecule has 0 fully saturated rings. The molecule has 0 bridgehead atoms. The molecule has 0 spiro atoms. The Kier molecular flexibility index (Phi) is 4.70. The number of carbonyl (C=O) groups excluding carboxylic acids is 1.